The molecule has 0 saturated carbocycles. The van der Waals surface area contributed by atoms with Gasteiger partial charge in [-0.15, -0.1) is 0 Å². The molecular weight excluding hydrogens is 254 g/mol. The molecule has 2 rings (SSSR count). The van der Waals surface area contributed by atoms with Gasteiger partial charge in [0.1, 0.15) is 5.75 Å². The molecule has 0 radical (unpaired) electrons. The third-order valence-electron chi connectivity index (χ3n) is 2.84. The number of aromatic nitrogens is 1. The van der Waals surface area contributed by atoms with Crippen LogP contribution in [0.25, 0.3) is 0 Å². The Bertz CT molecular complexity index is 628. The Balaban J connectivity index is 2.06. The number of aryl methyl sites for hydroxylation is 2. The first-order valence-corrected chi connectivity index (χ1v) is 6.11. The second kappa shape index (κ2) is 5.97. The number of carbonyl (C=O) groups excluding carboxylic acids is 1. The third kappa shape index (κ3) is 3.20. The van der Waals surface area contributed by atoms with Gasteiger partial charge in [0, 0.05) is 18.0 Å². The minimum Gasteiger partial charge on any atom is -0.507 e. The highest BCUT2D eigenvalue weighted by atomic mass is 16.3. The first-order chi connectivity index (χ1) is 9.58. The van der Waals surface area contributed by atoms with Gasteiger partial charge in [-0.3, -0.25) is 9.78 Å². The zero-order valence-electron chi connectivity index (χ0n) is 11.3. The lowest BCUT2D eigenvalue weighted by Gasteiger charge is -2.04. The molecule has 1 amide bonds. The van der Waals surface area contributed by atoms with Crippen LogP contribution in [0.15, 0.2) is 41.8 Å². The Kier molecular flexibility index (Phi) is 4.10. The molecular formula is C15H15N3O2. The molecule has 5 heteroatoms. The van der Waals surface area contributed by atoms with Crippen LogP contribution in [-0.2, 0) is 0 Å². The van der Waals surface area contributed by atoms with E-state index in [0.29, 0.717) is 5.56 Å². The van der Waals surface area contributed by atoms with Gasteiger partial charge in [-0.1, -0.05) is 0 Å². The number of amides is 1. The molecule has 102 valence electrons. The molecule has 1 aromatic carbocycles. The second-order valence-corrected chi connectivity index (χ2v) is 4.44. The Labute approximate surface area is 117 Å². The van der Waals surface area contributed by atoms with Crippen LogP contribution in [0.4, 0.5) is 0 Å². The number of nitrogens with zero attached hydrogens (tertiary/aromatic N) is 2. The van der Waals surface area contributed by atoms with Gasteiger partial charge in [0.25, 0.3) is 5.91 Å². The van der Waals surface area contributed by atoms with E-state index in [-0.39, 0.29) is 11.7 Å². The molecule has 0 aliphatic carbocycles. The number of carbonyl (C=O) groups is 1. The van der Waals surface area contributed by atoms with Crippen LogP contribution in [0.5, 0.6) is 5.75 Å². The first kappa shape index (κ1) is 13.7. The molecule has 0 saturated heterocycles. The molecule has 0 bridgehead atoms. The van der Waals surface area contributed by atoms with Crippen LogP contribution < -0.4 is 5.43 Å². The van der Waals surface area contributed by atoms with Crippen LogP contribution in [0.1, 0.15) is 27.0 Å². The Morgan fingerprint density at radius 1 is 1.25 bits per heavy atom. The maximum atomic E-state index is 11.7. The molecule has 5 nitrogen and oxygen atoms in total. The summed E-state index contributed by atoms with van der Waals surface area (Å²) in [6.45, 7) is 3.63. The van der Waals surface area contributed by atoms with Crippen LogP contribution in [0.2, 0.25) is 0 Å². The van der Waals surface area contributed by atoms with E-state index in [2.05, 4.69) is 15.5 Å². The van der Waals surface area contributed by atoms with E-state index in [1.165, 1.54) is 0 Å². The number of rotatable bonds is 3. The molecule has 2 N–H and O–H groups in total. The lowest BCUT2D eigenvalue weighted by atomic mass is 10.1. The Hall–Kier alpha value is -2.69. The summed E-state index contributed by atoms with van der Waals surface area (Å²) in [5.74, 6) is -0.0150. The van der Waals surface area contributed by atoms with E-state index in [0.717, 1.165) is 16.7 Å². The number of pyridine rings is 1. The summed E-state index contributed by atoms with van der Waals surface area (Å²) in [6, 6.07) is 6.81. The van der Waals surface area contributed by atoms with Crippen LogP contribution >= 0.6 is 0 Å². The van der Waals surface area contributed by atoms with Crippen molar-refractivity contribution in [1.82, 2.24) is 10.4 Å². The smallest absolute Gasteiger partial charge is 0.271 e. The maximum absolute atomic E-state index is 11.7. The van der Waals surface area contributed by atoms with Gasteiger partial charge in [-0.2, -0.15) is 5.10 Å². The van der Waals surface area contributed by atoms with Crippen molar-refractivity contribution in [3.8, 4) is 5.75 Å². The second-order valence-electron chi connectivity index (χ2n) is 4.44. The Morgan fingerprint density at radius 3 is 2.45 bits per heavy atom. The van der Waals surface area contributed by atoms with Crippen molar-refractivity contribution >= 4 is 12.1 Å². The predicted octanol–water partition coefficient (Wildman–Crippen LogP) is 2.17. The fraction of sp³-hybridized carbons (Fsp3) is 0.133. The molecule has 0 spiro atoms. The van der Waals surface area contributed by atoms with Crippen molar-refractivity contribution < 1.29 is 9.90 Å². The van der Waals surface area contributed by atoms with Gasteiger partial charge in [-0.05, 0) is 54.8 Å². The number of hydrogen-bond donors (Lipinski definition) is 2. The molecule has 0 unspecified atom stereocenters. The van der Waals surface area contributed by atoms with E-state index in [4.69, 9.17) is 0 Å². The highest BCUT2D eigenvalue weighted by molar-refractivity contribution is 5.94. The average Bonchev–Trinajstić information content (AvgIpc) is 2.45. The zero-order valence-corrected chi connectivity index (χ0v) is 11.3. The van der Waals surface area contributed by atoms with Crippen molar-refractivity contribution in [2.45, 2.75) is 13.8 Å². The minimum atomic E-state index is -0.295. The standard InChI is InChI=1S/C15H15N3O2/c1-10-7-12(8-11(2)14(10)19)9-17-18-15(20)13-3-5-16-6-4-13/h3-9,19H,1-2H3,(H,18,20)/b17-9-. The van der Waals surface area contributed by atoms with Gasteiger partial charge in [-0.25, -0.2) is 5.43 Å². The predicted molar refractivity (Wildman–Crippen MR) is 76.9 cm³/mol. The number of nitrogens with one attached hydrogen (secondary N) is 1. The summed E-state index contributed by atoms with van der Waals surface area (Å²) in [7, 11) is 0. The summed E-state index contributed by atoms with van der Waals surface area (Å²) in [4.78, 5) is 15.6. The quantitative estimate of drug-likeness (QED) is 0.662. The molecule has 1 aromatic heterocycles. The summed E-state index contributed by atoms with van der Waals surface area (Å²) in [6.07, 6.45) is 4.63. The maximum Gasteiger partial charge on any atom is 0.271 e. The van der Waals surface area contributed by atoms with Gasteiger partial charge >= 0.3 is 0 Å². The third-order valence-corrected chi connectivity index (χ3v) is 2.84. The topological polar surface area (TPSA) is 74.6 Å². The fourth-order valence-electron chi connectivity index (χ4n) is 1.80. The van der Waals surface area contributed by atoms with Crippen molar-refractivity contribution in [2.75, 3.05) is 0 Å². The molecule has 0 fully saturated rings. The van der Waals surface area contributed by atoms with Gasteiger partial charge < -0.3 is 5.11 Å². The highest BCUT2D eigenvalue weighted by Gasteiger charge is 2.03. The van der Waals surface area contributed by atoms with Crippen molar-refractivity contribution in [3.63, 3.8) is 0 Å². The molecule has 0 aliphatic rings. The molecule has 0 aliphatic heterocycles. The number of hydrazone groups is 1. The summed E-state index contributed by atoms with van der Waals surface area (Å²) in [5, 5.41) is 13.6. The SMILES string of the molecule is Cc1cc(/C=N\NC(=O)c2ccncc2)cc(C)c1O. The number of phenolic OH excluding ortho intramolecular Hbond substituents is 1. The van der Waals surface area contributed by atoms with Crippen molar-refractivity contribution in [3.05, 3.63) is 58.9 Å². The van der Waals surface area contributed by atoms with E-state index in [1.54, 1.807) is 42.9 Å². The van der Waals surface area contributed by atoms with Crippen LogP contribution in [0.3, 0.4) is 0 Å². The van der Waals surface area contributed by atoms with Gasteiger partial charge in [0.05, 0.1) is 6.21 Å². The van der Waals surface area contributed by atoms with Crippen molar-refractivity contribution in [2.24, 2.45) is 5.10 Å². The Morgan fingerprint density at radius 2 is 1.85 bits per heavy atom. The largest absolute Gasteiger partial charge is 0.507 e. The first-order valence-electron chi connectivity index (χ1n) is 6.11. The van der Waals surface area contributed by atoms with Gasteiger partial charge in [0.2, 0.25) is 0 Å². The van der Waals surface area contributed by atoms with E-state index in [1.807, 2.05) is 13.8 Å². The molecule has 2 aromatic rings. The fourth-order valence-corrected chi connectivity index (χ4v) is 1.80. The van der Waals surface area contributed by atoms with Crippen LogP contribution in [-0.4, -0.2) is 22.2 Å². The van der Waals surface area contributed by atoms with E-state index < -0.39 is 0 Å². The number of aromatic hydroxyl groups is 1. The normalized spacial score (nSPS) is 10.7. The lowest BCUT2D eigenvalue weighted by molar-refractivity contribution is 0.0955. The highest BCUT2D eigenvalue weighted by Crippen LogP contribution is 2.21. The summed E-state index contributed by atoms with van der Waals surface area (Å²) < 4.78 is 0. The molecule has 1 heterocycles. The molecule has 0 atom stereocenters. The minimum absolute atomic E-state index is 0.281. The zero-order chi connectivity index (χ0) is 14.5. The number of benzene rings is 1. The number of hydrogen-bond acceptors (Lipinski definition) is 4. The van der Waals surface area contributed by atoms with Gasteiger partial charge in [0.15, 0.2) is 0 Å². The summed E-state index contributed by atoms with van der Waals surface area (Å²) >= 11 is 0. The van der Waals surface area contributed by atoms with E-state index >= 15 is 0 Å². The number of phenols is 1. The van der Waals surface area contributed by atoms with Crippen molar-refractivity contribution in [1.29, 1.82) is 0 Å². The monoisotopic (exact) mass is 269 g/mol. The lowest BCUT2D eigenvalue weighted by Crippen LogP contribution is -2.17. The van der Waals surface area contributed by atoms with Crippen LogP contribution in [0, 0.1) is 13.8 Å². The molecule has 20 heavy (non-hydrogen) atoms. The summed E-state index contributed by atoms with van der Waals surface area (Å²) in [5.41, 5.74) is 5.29. The van der Waals surface area contributed by atoms with E-state index in [9.17, 15) is 9.90 Å². The average molecular weight is 269 g/mol.